The van der Waals surface area contributed by atoms with Gasteiger partial charge in [-0.25, -0.2) is 9.13 Å². The van der Waals surface area contributed by atoms with E-state index in [1.54, 1.807) is 52.5 Å². The smallest absolute Gasteiger partial charge is 0.404 e. The van der Waals surface area contributed by atoms with Gasteiger partial charge in [-0.1, -0.05) is 48.5 Å². The Morgan fingerprint density at radius 1 is 0.429 bits per heavy atom. The molecule has 8 nitrogen and oxygen atoms in total. The first-order chi connectivity index (χ1) is 20.1. The van der Waals surface area contributed by atoms with E-state index in [1.807, 2.05) is 72.8 Å². The molecule has 0 unspecified atom stereocenters. The lowest BCUT2D eigenvalue weighted by Gasteiger charge is -2.29. The maximum absolute atomic E-state index is 14.5. The molecular formula is C32H28N2O6P2. The van der Waals surface area contributed by atoms with E-state index in [-0.39, 0.29) is 0 Å². The van der Waals surface area contributed by atoms with Gasteiger partial charge < -0.3 is 18.1 Å². The van der Waals surface area contributed by atoms with E-state index in [4.69, 9.17) is 18.1 Å². The van der Waals surface area contributed by atoms with Crippen LogP contribution in [0, 0.1) is 0 Å². The Labute approximate surface area is 243 Å². The zero-order valence-corrected chi connectivity index (χ0v) is 25.3. The second-order valence-electron chi connectivity index (χ2n) is 10.6. The molecule has 0 fully saturated rings. The first kappa shape index (κ1) is 26.8. The van der Waals surface area contributed by atoms with Crippen LogP contribution in [-0.4, -0.2) is 37.5 Å². The fraction of sp³-hybridized carbons (Fsp3) is 0.125. The van der Waals surface area contributed by atoms with Crippen molar-refractivity contribution in [1.82, 2.24) is 9.34 Å². The van der Waals surface area contributed by atoms with Crippen LogP contribution < -0.4 is 18.1 Å². The molecule has 0 saturated heterocycles. The molecule has 0 atom stereocenters. The third-order valence-corrected chi connectivity index (χ3v) is 11.1. The van der Waals surface area contributed by atoms with E-state index >= 15 is 0 Å². The van der Waals surface area contributed by atoms with Crippen LogP contribution in [0.5, 0.6) is 23.0 Å². The minimum atomic E-state index is -3.94. The number of fused-ring (bicyclic) bond motifs is 14. The van der Waals surface area contributed by atoms with Crippen LogP contribution in [-0.2, 0) is 9.13 Å². The second kappa shape index (κ2) is 9.75. The van der Waals surface area contributed by atoms with E-state index < -0.39 is 15.5 Å². The largest absolute Gasteiger partial charge is 0.515 e. The van der Waals surface area contributed by atoms with Crippen molar-refractivity contribution < 1.29 is 27.2 Å². The van der Waals surface area contributed by atoms with E-state index in [1.165, 1.54) is 9.34 Å². The van der Waals surface area contributed by atoms with Gasteiger partial charge in [0.1, 0.15) is 23.0 Å². The van der Waals surface area contributed by atoms with E-state index in [9.17, 15) is 9.13 Å². The Balaban J connectivity index is 1.54. The topological polar surface area (TPSA) is 77.5 Å². The van der Waals surface area contributed by atoms with Gasteiger partial charge in [-0.05, 0) is 98.3 Å². The Hall–Kier alpha value is -4.06. The summed E-state index contributed by atoms with van der Waals surface area (Å²) in [5.74, 6) is 1.35. The van der Waals surface area contributed by atoms with E-state index in [0.29, 0.717) is 44.5 Å². The van der Waals surface area contributed by atoms with Crippen molar-refractivity contribution in [3.8, 4) is 23.0 Å². The monoisotopic (exact) mass is 598 g/mol. The normalized spacial score (nSPS) is 20.5. The predicted molar refractivity (Wildman–Crippen MR) is 168 cm³/mol. The van der Waals surface area contributed by atoms with Crippen LogP contribution in [0.1, 0.15) is 0 Å². The van der Waals surface area contributed by atoms with Crippen LogP contribution in [0.4, 0.5) is 0 Å². The lowest BCUT2D eigenvalue weighted by molar-refractivity contribution is 0.322. The quantitative estimate of drug-likeness (QED) is 0.145. The summed E-state index contributed by atoms with van der Waals surface area (Å²) in [6.45, 7) is 0. The highest BCUT2D eigenvalue weighted by Crippen LogP contribution is 2.58. The standard InChI is InChI=1S/C32H28N2O6P2/c1-33(2)41(35)37-29-13-15-31(27-19-23-11-7-5-9-21(23)17-25(27)29)39-42(36,34(3)4)40-32-16-14-30(38-41)26-18-22-10-6-8-12-24(22)20-28(26)32/h5-20H,1-4H3. The van der Waals surface area contributed by atoms with Gasteiger partial charge in [-0.3, -0.25) is 0 Å². The van der Waals surface area contributed by atoms with Gasteiger partial charge in [-0.2, -0.15) is 9.34 Å². The molecule has 212 valence electrons. The Bertz CT molecular complexity index is 1860. The molecule has 0 amide bonds. The molecular weight excluding hydrogens is 570 g/mol. The third kappa shape index (κ3) is 4.39. The van der Waals surface area contributed by atoms with Crippen LogP contribution >= 0.6 is 15.5 Å². The summed E-state index contributed by atoms with van der Waals surface area (Å²) >= 11 is 0. The summed E-state index contributed by atoms with van der Waals surface area (Å²) in [6, 6.07) is 30.1. The molecule has 6 aromatic rings. The number of nitrogens with zero attached hydrogens (tertiary/aromatic N) is 2. The highest BCUT2D eigenvalue weighted by atomic mass is 31.2. The van der Waals surface area contributed by atoms with Gasteiger partial charge in [-0.15, -0.1) is 0 Å². The van der Waals surface area contributed by atoms with Crippen molar-refractivity contribution in [1.29, 1.82) is 0 Å². The molecule has 4 bridgehead atoms. The van der Waals surface area contributed by atoms with Crippen LogP contribution in [0.25, 0.3) is 43.1 Å². The van der Waals surface area contributed by atoms with Gasteiger partial charge in [0.2, 0.25) is 0 Å². The van der Waals surface area contributed by atoms with Crippen molar-refractivity contribution >= 4 is 58.6 Å². The van der Waals surface area contributed by atoms with Gasteiger partial charge in [0.05, 0.1) is 0 Å². The number of hydrogen-bond donors (Lipinski definition) is 0. The summed E-state index contributed by atoms with van der Waals surface area (Å²) in [4.78, 5) is 0. The van der Waals surface area contributed by atoms with Crippen molar-refractivity contribution in [3.05, 3.63) is 97.1 Å². The highest BCUT2D eigenvalue weighted by Gasteiger charge is 2.37. The van der Waals surface area contributed by atoms with Gasteiger partial charge in [0.25, 0.3) is 0 Å². The van der Waals surface area contributed by atoms with Gasteiger partial charge >= 0.3 is 15.5 Å². The molecule has 6 aromatic carbocycles. The van der Waals surface area contributed by atoms with Gasteiger partial charge in [0, 0.05) is 21.5 Å². The van der Waals surface area contributed by atoms with Crippen LogP contribution in [0.3, 0.4) is 0 Å². The molecule has 0 aliphatic carbocycles. The average molecular weight is 599 g/mol. The fourth-order valence-corrected chi connectivity index (χ4v) is 7.50. The maximum Gasteiger partial charge on any atom is 0.515 e. The Kier molecular flexibility index (Phi) is 6.23. The predicted octanol–water partition coefficient (Wildman–Crippen LogP) is 8.87. The molecule has 1 aliphatic rings. The Morgan fingerprint density at radius 3 is 0.881 bits per heavy atom. The molecule has 42 heavy (non-hydrogen) atoms. The molecule has 0 aromatic heterocycles. The first-order valence-electron chi connectivity index (χ1n) is 13.4. The van der Waals surface area contributed by atoms with E-state index in [2.05, 4.69) is 0 Å². The average Bonchev–Trinajstić information content (AvgIpc) is 2.97. The number of hydrogen-bond acceptors (Lipinski definition) is 6. The fourth-order valence-electron chi connectivity index (χ4n) is 5.14. The highest BCUT2D eigenvalue weighted by molar-refractivity contribution is 7.52. The summed E-state index contributed by atoms with van der Waals surface area (Å²) in [7, 11) is -1.26. The molecule has 1 heterocycles. The van der Waals surface area contributed by atoms with Crippen LogP contribution in [0.2, 0.25) is 0 Å². The number of benzene rings is 6. The van der Waals surface area contributed by atoms with E-state index in [0.717, 1.165) is 21.5 Å². The van der Waals surface area contributed by atoms with Gasteiger partial charge in [0.15, 0.2) is 0 Å². The lowest BCUT2D eigenvalue weighted by atomic mass is 10.0. The molecule has 0 N–H and O–H groups in total. The van der Waals surface area contributed by atoms with Crippen molar-refractivity contribution in [2.45, 2.75) is 0 Å². The van der Waals surface area contributed by atoms with Crippen molar-refractivity contribution in [2.24, 2.45) is 0 Å². The summed E-state index contributed by atoms with van der Waals surface area (Å²) < 4.78 is 57.1. The minimum Gasteiger partial charge on any atom is -0.404 e. The lowest BCUT2D eigenvalue weighted by Crippen LogP contribution is -2.19. The third-order valence-electron chi connectivity index (χ3n) is 7.44. The second-order valence-corrected chi connectivity index (χ2v) is 14.8. The molecule has 10 heteroatoms. The molecule has 0 radical (unpaired) electrons. The zero-order chi connectivity index (χ0) is 29.2. The first-order valence-corrected chi connectivity index (χ1v) is 16.4. The van der Waals surface area contributed by atoms with Crippen LogP contribution in [0.15, 0.2) is 97.1 Å². The zero-order valence-electron chi connectivity index (χ0n) is 23.5. The minimum absolute atomic E-state index is 0.337. The molecule has 0 saturated carbocycles. The van der Waals surface area contributed by atoms with Crippen molar-refractivity contribution in [3.63, 3.8) is 0 Å². The Morgan fingerprint density at radius 2 is 0.667 bits per heavy atom. The maximum atomic E-state index is 14.5. The molecule has 7 rings (SSSR count). The number of rotatable bonds is 2. The summed E-state index contributed by atoms with van der Waals surface area (Å²) in [5.41, 5.74) is 0. The molecule has 0 spiro atoms. The SMILES string of the molecule is CN(C)P1(=O)Oc2ccc(c3cc4ccccc4cc23)OP(=O)(N(C)C)Oc2ccc(c3cc4ccccc4cc23)O1. The van der Waals surface area contributed by atoms with Crippen molar-refractivity contribution in [2.75, 3.05) is 28.2 Å². The summed E-state index contributed by atoms with van der Waals surface area (Å²) in [5, 5.41) is 6.32. The summed E-state index contributed by atoms with van der Waals surface area (Å²) in [6.07, 6.45) is 0. The molecule has 1 aliphatic heterocycles.